The third-order valence-electron chi connectivity index (χ3n) is 2.95. The number of hydrogen-bond acceptors (Lipinski definition) is 3. The fourth-order valence-corrected chi connectivity index (χ4v) is 1.96. The van der Waals surface area contributed by atoms with Crippen molar-refractivity contribution in [3.05, 3.63) is 64.1 Å². The first-order chi connectivity index (χ1) is 10.2. The van der Waals surface area contributed by atoms with E-state index in [2.05, 4.69) is 10.3 Å². The number of benzene rings is 1. The lowest BCUT2D eigenvalue weighted by Gasteiger charge is -2.10. The van der Waals surface area contributed by atoms with Gasteiger partial charge in [-0.2, -0.15) is 0 Å². The van der Waals surface area contributed by atoms with Gasteiger partial charge in [-0.1, -0.05) is 30.3 Å². The number of hydrogen-bond donors (Lipinski definition) is 2. The maximum atomic E-state index is 11.9. The molecule has 1 aromatic heterocycles. The number of aromatic amines is 1. The zero-order valence-corrected chi connectivity index (χ0v) is 11.9. The van der Waals surface area contributed by atoms with Gasteiger partial charge in [0.1, 0.15) is 6.61 Å². The van der Waals surface area contributed by atoms with Crippen LogP contribution in [-0.2, 0) is 17.8 Å². The lowest BCUT2D eigenvalue weighted by Crippen LogP contribution is -2.25. The molecule has 0 radical (unpaired) electrons. The van der Waals surface area contributed by atoms with Crippen LogP contribution in [0.2, 0.25) is 0 Å². The number of carbonyl (C=O) groups excluding carboxylic acids is 1. The smallest absolute Gasteiger partial charge is 0.290 e. The number of aromatic nitrogens is 1. The Balaban J connectivity index is 2.14. The molecule has 0 atom stereocenters. The fourth-order valence-electron chi connectivity index (χ4n) is 1.96. The first-order valence-electron chi connectivity index (χ1n) is 6.84. The molecule has 5 nitrogen and oxygen atoms in total. The van der Waals surface area contributed by atoms with E-state index in [0.717, 1.165) is 5.56 Å². The molecule has 1 heterocycles. The van der Waals surface area contributed by atoms with Crippen molar-refractivity contribution in [1.29, 1.82) is 0 Å². The molecule has 21 heavy (non-hydrogen) atoms. The average molecular weight is 286 g/mol. The van der Waals surface area contributed by atoms with Crippen LogP contribution in [0.15, 0.2) is 47.4 Å². The maximum Gasteiger partial charge on any atom is 0.290 e. The van der Waals surface area contributed by atoms with Gasteiger partial charge in [0.2, 0.25) is 5.91 Å². The summed E-state index contributed by atoms with van der Waals surface area (Å²) in [6.45, 7) is 2.70. The van der Waals surface area contributed by atoms with Gasteiger partial charge in [0, 0.05) is 18.3 Å². The Labute approximate surface area is 123 Å². The predicted molar refractivity (Wildman–Crippen MR) is 80.2 cm³/mol. The molecule has 1 aromatic carbocycles. The molecule has 0 saturated heterocycles. The number of carbonyl (C=O) groups is 1. The van der Waals surface area contributed by atoms with Crippen molar-refractivity contribution in [3.8, 4) is 5.75 Å². The van der Waals surface area contributed by atoms with Gasteiger partial charge in [-0.05, 0) is 18.6 Å². The van der Waals surface area contributed by atoms with E-state index in [1.807, 2.05) is 37.3 Å². The van der Waals surface area contributed by atoms with Crippen LogP contribution < -0.4 is 15.6 Å². The van der Waals surface area contributed by atoms with E-state index in [9.17, 15) is 9.59 Å². The quantitative estimate of drug-likeness (QED) is 0.848. The number of likely N-dealkylation sites (N-methyl/N-ethyl adjacent to an activating group) is 1. The van der Waals surface area contributed by atoms with Crippen LogP contribution >= 0.6 is 0 Å². The summed E-state index contributed by atoms with van der Waals surface area (Å²) < 4.78 is 5.61. The molecule has 2 N–H and O–H groups in total. The molecule has 1 amide bonds. The summed E-state index contributed by atoms with van der Waals surface area (Å²) in [5.41, 5.74) is 1.22. The number of nitrogens with one attached hydrogen (secondary N) is 2. The highest BCUT2D eigenvalue weighted by Crippen LogP contribution is 2.14. The zero-order chi connectivity index (χ0) is 15.1. The van der Waals surface area contributed by atoms with Crippen LogP contribution in [-0.4, -0.2) is 17.4 Å². The summed E-state index contributed by atoms with van der Waals surface area (Å²) >= 11 is 0. The highest BCUT2D eigenvalue weighted by atomic mass is 16.5. The summed E-state index contributed by atoms with van der Waals surface area (Å²) in [4.78, 5) is 26.1. The molecule has 2 aromatic rings. The van der Waals surface area contributed by atoms with E-state index in [1.54, 1.807) is 6.07 Å². The molecular formula is C16H18N2O3. The molecule has 2 rings (SSSR count). The number of H-pyrrole nitrogens is 1. The van der Waals surface area contributed by atoms with Crippen LogP contribution in [0.3, 0.4) is 0 Å². The highest BCUT2D eigenvalue weighted by molar-refractivity contribution is 5.79. The van der Waals surface area contributed by atoms with Gasteiger partial charge in [-0.25, -0.2) is 0 Å². The standard InChI is InChI=1S/C16H18N2O3/c1-2-17-14(19)10-13-8-9-18-16(20)15(13)21-11-12-6-4-3-5-7-12/h3-9H,2,10-11H2,1H3,(H,17,19)(H,18,20). The minimum Gasteiger partial charge on any atom is -0.483 e. The van der Waals surface area contributed by atoms with Crippen molar-refractivity contribution in [1.82, 2.24) is 10.3 Å². The first-order valence-corrected chi connectivity index (χ1v) is 6.84. The Kier molecular flexibility index (Phi) is 5.15. The van der Waals surface area contributed by atoms with Crippen LogP contribution in [0, 0.1) is 0 Å². The Bertz CT molecular complexity index is 650. The van der Waals surface area contributed by atoms with Gasteiger partial charge in [0.25, 0.3) is 5.56 Å². The highest BCUT2D eigenvalue weighted by Gasteiger charge is 2.12. The van der Waals surface area contributed by atoms with E-state index in [4.69, 9.17) is 4.74 Å². The lowest BCUT2D eigenvalue weighted by molar-refractivity contribution is -0.120. The van der Waals surface area contributed by atoms with Gasteiger partial charge in [0.05, 0.1) is 6.42 Å². The Morgan fingerprint density at radius 1 is 1.24 bits per heavy atom. The zero-order valence-electron chi connectivity index (χ0n) is 11.9. The number of rotatable bonds is 6. The van der Waals surface area contributed by atoms with Gasteiger partial charge in [0.15, 0.2) is 5.75 Å². The lowest BCUT2D eigenvalue weighted by atomic mass is 10.1. The Hall–Kier alpha value is -2.56. The summed E-state index contributed by atoms with van der Waals surface area (Å²) in [6, 6.07) is 11.3. The predicted octanol–water partition coefficient (Wildman–Crippen LogP) is 1.63. The van der Waals surface area contributed by atoms with Gasteiger partial charge >= 0.3 is 0 Å². The number of ether oxygens (including phenoxy) is 1. The topological polar surface area (TPSA) is 71.2 Å². The molecule has 0 fully saturated rings. The molecule has 0 saturated carbocycles. The second kappa shape index (κ2) is 7.28. The van der Waals surface area contributed by atoms with E-state index in [1.165, 1.54) is 6.20 Å². The largest absolute Gasteiger partial charge is 0.483 e. The normalized spacial score (nSPS) is 10.1. The molecular weight excluding hydrogens is 268 g/mol. The Morgan fingerprint density at radius 2 is 2.00 bits per heavy atom. The van der Waals surface area contributed by atoms with Crippen molar-refractivity contribution in [2.45, 2.75) is 20.0 Å². The number of amides is 1. The van der Waals surface area contributed by atoms with E-state index in [0.29, 0.717) is 12.1 Å². The molecule has 0 aliphatic heterocycles. The van der Waals surface area contributed by atoms with E-state index in [-0.39, 0.29) is 30.2 Å². The average Bonchev–Trinajstić information content (AvgIpc) is 2.48. The molecule has 110 valence electrons. The van der Waals surface area contributed by atoms with Crippen molar-refractivity contribution < 1.29 is 9.53 Å². The van der Waals surface area contributed by atoms with Gasteiger partial charge < -0.3 is 15.0 Å². The molecule has 0 unspecified atom stereocenters. The molecule has 0 spiro atoms. The minimum absolute atomic E-state index is 0.127. The summed E-state index contributed by atoms with van der Waals surface area (Å²) in [5, 5.41) is 2.71. The second-order valence-electron chi connectivity index (χ2n) is 4.57. The van der Waals surface area contributed by atoms with Gasteiger partial charge in [-0.15, -0.1) is 0 Å². The molecule has 0 aliphatic carbocycles. The van der Waals surface area contributed by atoms with Crippen LogP contribution in [0.1, 0.15) is 18.1 Å². The third-order valence-corrected chi connectivity index (χ3v) is 2.95. The van der Waals surface area contributed by atoms with Crippen molar-refractivity contribution in [2.75, 3.05) is 6.54 Å². The second-order valence-corrected chi connectivity index (χ2v) is 4.57. The third kappa shape index (κ3) is 4.21. The first kappa shape index (κ1) is 14.8. The summed E-state index contributed by atoms with van der Waals surface area (Å²) in [7, 11) is 0. The van der Waals surface area contributed by atoms with E-state index >= 15 is 0 Å². The van der Waals surface area contributed by atoms with Crippen LogP contribution in [0.25, 0.3) is 0 Å². The molecule has 0 bridgehead atoms. The summed E-state index contributed by atoms with van der Waals surface area (Å²) in [5.74, 6) is 0.0697. The molecule has 5 heteroatoms. The number of pyridine rings is 1. The van der Waals surface area contributed by atoms with Crippen LogP contribution in [0.4, 0.5) is 0 Å². The molecule has 0 aliphatic rings. The van der Waals surface area contributed by atoms with Crippen LogP contribution in [0.5, 0.6) is 5.75 Å². The van der Waals surface area contributed by atoms with E-state index < -0.39 is 0 Å². The van der Waals surface area contributed by atoms with Crippen molar-refractivity contribution in [3.63, 3.8) is 0 Å². The van der Waals surface area contributed by atoms with Gasteiger partial charge in [-0.3, -0.25) is 9.59 Å². The summed E-state index contributed by atoms with van der Waals surface area (Å²) in [6.07, 6.45) is 1.65. The maximum absolute atomic E-state index is 11.9. The monoisotopic (exact) mass is 286 g/mol. The fraction of sp³-hybridized carbons (Fsp3) is 0.250. The SMILES string of the molecule is CCNC(=O)Cc1cc[nH]c(=O)c1OCc1ccccc1. The Morgan fingerprint density at radius 3 is 2.71 bits per heavy atom. The minimum atomic E-state index is -0.326. The van der Waals surface area contributed by atoms with Crippen molar-refractivity contribution in [2.24, 2.45) is 0 Å². The van der Waals surface area contributed by atoms with Crippen molar-refractivity contribution >= 4 is 5.91 Å².